The lowest BCUT2D eigenvalue weighted by Crippen LogP contribution is -1.95. The van der Waals surface area contributed by atoms with E-state index in [0.717, 1.165) is 5.56 Å². The van der Waals surface area contributed by atoms with Crippen molar-refractivity contribution in [1.29, 1.82) is 10.5 Å². The van der Waals surface area contributed by atoms with Crippen molar-refractivity contribution in [2.45, 2.75) is 13.3 Å². The van der Waals surface area contributed by atoms with Crippen molar-refractivity contribution in [3.8, 4) is 12.1 Å². The Labute approximate surface area is 77.0 Å². The van der Waals surface area contributed by atoms with Crippen LogP contribution < -0.4 is 5.73 Å². The molecule has 3 nitrogen and oxygen atoms in total. The fourth-order valence-corrected chi connectivity index (χ4v) is 1.11. The van der Waals surface area contributed by atoms with E-state index in [2.05, 4.69) is 0 Å². The fourth-order valence-electron chi connectivity index (χ4n) is 1.11. The Balaban J connectivity index is 3.28. The van der Waals surface area contributed by atoms with Gasteiger partial charge in [0.15, 0.2) is 0 Å². The van der Waals surface area contributed by atoms with Crippen molar-refractivity contribution in [3.63, 3.8) is 0 Å². The van der Waals surface area contributed by atoms with Gasteiger partial charge >= 0.3 is 0 Å². The highest BCUT2D eigenvalue weighted by Crippen LogP contribution is 2.17. The van der Waals surface area contributed by atoms with Gasteiger partial charge in [0.2, 0.25) is 0 Å². The average Bonchev–Trinajstić information content (AvgIpc) is 2.11. The molecule has 1 aromatic carbocycles. The molecule has 0 saturated heterocycles. The van der Waals surface area contributed by atoms with E-state index in [-0.39, 0.29) is 6.42 Å². The predicted molar refractivity (Wildman–Crippen MR) is 49.6 cm³/mol. The summed E-state index contributed by atoms with van der Waals surface area (Å²) in [6, 6.07) is 7.44. The molecule has 0 aliphatic rings. The summed E-state index contributed by atoms with van der Waals surface area (Å²) in [5, 5.41) is 17.3. The highest BCUT2D eigenvalue weighted by atomic mass is 14.6. The Hall–Kier alpha value is -2.00. The van der Waals surface area contributed by atoms with Gasteiger partial charge < -0.3 is 5.73 Å². The number of nitrogen functional groups attached to an aromatic ring is 1. The monoisotopic (exact) mass is 171 g/mol. The molecule has 0 radical (unpaired) electrons. The van der Waals surface area contributed by atoms with E-state index < -0.39 is 0 Å². The highest BCUT2D eigenvalue weighted by Gasteiger charge is 2.04. The quantitative estimate of drug-likeness (QED) is 0.651. The van der Waals surface area contributed by atoms with Crippen LogP contribution in [-0.2, 0) is 6.42 Å². The maximum Gasteiger partial charge on any atom is 0.0995 e. The molecule has 0 aliphatic heterocycles. The van der Waals surface area contributed by atoms with Crippen molar-refractivity contribution >= 4 is 5.69 Å². The minimum atomic E-state index is 0.230. The Kier molecular flexibility index (Phi) is 2.52. The molecule has 0 aromatic heterocycles. The van der Waals surface area contributed by atoms with Crippen molar-refractivity contribution < 1.29 is 0 Å². The van der Waals surface area contributed by atoms with Gasteiger partial charge in [-0.05, 0) is 30.2 Å². The topological polar surface area (TPSA) is 73.6 Å². The molecule has 2 N–H and O–H groups in total. The van der Waals surface area contributed by atoms with E-state index in [0.29, 0.717) is 16.8 Å². The summed E-state index contributed by atoms with van der Waals surface area (Å²) < 4.78 is 0. The molecule has 0 spiro atoms. The summed E-state index contributed by atoms with van der Waals surface area (Å²) in [4.78, 5) is 0. The van der Waals surface area contributed by atoms with Gasteiger partial charge in [-0.25, -0.2) is 0 Å². The largest absolute Gasteiger partial charge is 0.399 e. The molecular weight excluding hydrogens is 162 g/mol. The summed E-state index contributed by atoms with van der Waals surface area (Å²) >= 11 is 0. The predicted octanol–water partition coefficient (Wildman–Crippen LogP) is 1.51. The van der Waals surface area contributed by atoms with Gasteiger partial charge in [0, 0.05) is 5.69 Å². The molecule has 0 saturated carbocycles. The van der Waals surface area contributed by atoms with E-state index >= 15 is 0 Å². The van der Waals surface area contributed by atoms with Crippen LogP contribution in [0.1, 0.15) is 16.7 Å². The molecule has 64 valence electrons. The molecule has 0 fully saturated rings. The zero-order chi connectivity index (χ0) is 9.84. The van der Waals surface area contributed by atoms with E-state index in [1.54, 1.807) is 12.1 Å². The molecule has 0 unspecified atom stereocenters. The zero-order valence-electron chi connectivity index (χ0n) is 7.33. The lowest BCUT2D eigenvalue weighted by molar-refractivity contribution is 1.23. The van der Waals surface area contributed by atoms with Crippen LogP contribution in [0.5, 0.6) is 0 Å². The highest BCUT2D eigenvalue weighted by molar-refractivity contribution is 5.55. The maximum atomic E-state index is 8.76. The van der Waals surface area contributed by atoms with Gasteiger partial charge in [-0.1, -0.05) is 0 Å². The second-order valence-corrected chi connectivity index (χ2v) is 2.81. The Bertz CT molecular complexity index is 407. The Morgan fingerprint density at radius 3 is 2.62 bits per heavy atom. The Morgan fingerprint density at radius 1 is 1.38 bits per heavy atom. The number of hydrogen-bond donors (Lipinski definition) is 1. The third kappa shape index (κ3) is 1.77. The molecule has 3 heteroatoms. The van der Waals surface area contributed by atoms with Crippen LogP contribution in [0, 0.1) is 29.6 Å². The molecule has 0 heterocycles. The van der Waals surface area contributed by atoms with Gasteiger partial charge in [-0.15, -0.1) is 0 Å². The lowest BCUT2D eigenvalue weighted by Gasteiger charge is -2.04. The summed E-state index contributed by atoms with van der Waals surface area (Å²) in [5.74, 6) is 0. The number of nitriles is 2. The van der Waals surface area contributed by atoms with Gasteiger partial charge in [0.1, 0.15) is 0 Å². The number of nitrogens with two attached hydrogens (primary N) is 1. The van der Waals surface area contributed by atoms with E-state index in [1.807, 2.05) is 19.1 Å². The van der Waals surface area contributed by atoms with Crippen molar-refractivity contribution in [2.75, 3.05) is 5.73 Å². The SMILES string of the molecule is Cc1cc(C#N)c(CC#N)cc1N. The molecule has 0 bridgehead atoms. The first-order valence-electron chi connectivity index (χ1n) is 3.85. The first-order valence-corrected chi connectivity index (χ1v) is 3.85. The zero-order valence-corrected chi connectivity index (χ0v) is 7.33. The second kappa shape index (κ2) is 3.60. The van der Waals surface area contributed by atoms with E-state index in [4.69, 9.17) is 16.3 Å². The van der Waals surface area contributed by atoms with Crippen LogP contribution in [0.2, 0.25) is 0 Å². The number of anilines is 1. The van der Waals surface area contributed by atoms with Crippen molar-refractivity contribution in [3.05, 3.63) is 28.8 Å². The fraction of sp³-hybridized carbons (Fsp3) is 0.200. The standard InChI is InChI=1S/C10H9N3/c1-7-4-9(6-12)8(2-3-11)5-10(7)13/h4-5H,2,13H2,1H3. The van der Waals surface area contributed by atoms with Crippen molar-refractivity contribution in [2.24, 2.45) is 0 Å². The smallest absolute Gasteiger partial charge is 0.0995 e. The summed E-state index contributed by atoms with van der Waals surface area (Å²) in [5.41, 5.74) is 8.40. The normalized spacial score (nSPS) is 8.85. The molecule has 0 atom stereocenters. The number of benzene rings is 1. The molecule has 0 amide bonds. The van der Waals surface area contributed by atoms with Crippen LogP contribution in [0.25, 0.3) is 0 Å². The van der Waals surface area contributed by atoms with Crippen LogP contribution in [0.15, 0.2) is 12.1 Å². The first-order chi connectivity index (χ1) is 6.19. The number of aryl methyl sites for hydroxylation is 1. The molecule has 1 aromatic rings. The maximum absolute atomic E-state index is 8.76. The van der Waals surface area contributed by atoms with Crippen LogP contribution >= 0.6 is 0 Å². The van der Waals surface area contributed by atoms with Gasteiger partial charge in [0.25, 0.3) is 0 Å². The lowest BCUT2D eigenvalue weighted by atomic mass is 10.0. The summed E-state index contributed by atoms with van der Waals surface area (Å²) in [6.45, 7) is 1.84. The summed E-state index contributed by atoms with van der Waals surface area (Å²) in [7, 11) is 0. The molecule has 0 aliphatic carbocycles. The van der Waals surface area contributed by atoms with E-state index in [9.17, 15) is 0 Å². The molecule has 13 heavy (non-hydrogen) atoms. The summed E-state index contributed by atoms with van der Waals surface area (Å²) in [6.07, 6.45) is 0.230. The number of hydrogen-bond acceptors (Lipinski definition) is 3. The van der Waals surface area contributed by atoms with Crippen molar-refractivity contribution in [1.82, 2.24) is 0 Å². The number of nitrogens with zero attached hydrogens (tertiary/aromatic N) is 2. The first kappa shape index (κ1) is 9.09. The van der Waals surface area contributed by atoms with E-state index in [1.165, 1.54) is 0 Å². The van der Waals surface area contributed by atoms with Gasteiger partial charge in [-0.3, -0.25) is 0 Å². The number of rotatable bonds is 1. The minimum absolute atomic E-state index is 0.230. The average molecular weight is 171 g/mol. The third-order valence-corrected chi connectivity index (χ3v) is 1.88. The van der Waals surface area contributed by atoms with Gasteiger partial charge in [0.05, 0.1) is 24.1 Å². The third-order valence-electron chi connectivity index (χ3n) is 1.88. The van der Waals surface area contributed by atoms with Crippen LogP contribution in [0.4, 0.5) is 5.69 Å². The van der Waals surface area contributed by atoms with Crippen LogP contribution in [0.3, 0.4) is 0 Å². The molecule has 1 rings (SSSR count). The Morgan fingerprint density at radius 2 is 2.08 bits per heavy atom. The molecular formula is C10H9N3. The van der Waals surface area contributed by atoms with Gasteiger partial charge in [-0.2, -0.15) is 10.5 Å². The van der Waals surface area contributed by atoms with Crippen LogP contribution in [-0.4, -0.2) is 0 Å². The minimum Gasteiger partial charge on any atom is -0.399 e. The second-order valence-electron chi connectivity index (χ2n) is 2.81.